The van der Waals surface area contributed by atoms with Gasteiger partial charge in [-0.25, -0.2) is 4.68 Å². The molecule has 186 valence electrons. The van der Waals surface area contributed by atoms with Gasteiger partial charge in [0.05, 0.1) is 23.5 Å². The van der Waals surface area contributed by atoms with Crippen molar-refractivity contribution in [3.8, 4) is 0 Å². The molecule has 2 aromatic rings. The maximum Gasteiger partial charge on any atom is 0.310 e. The molecule has 3 aliphatic heterocycles. The van der Waals surface area contributed by atoms with Crippen molar-refractivity contribution in [2.24, 2.45) is 11.8 Å². The number of fused-ring (bicyclic) bond motifs is 2. The Morgan fingerprint density at radius 2 is 2.14 bits per heavy atom. The first-order valence-electron chi connectivity index (χ1n) is 11.5. The molecule has 3 aliphatic rings. The van der Waals surface area contributed by atoms with E-state index >= 15 is 0 Å². The lowest BCUT2D eigenvalue weighted by atomic mass is 9.70. The van der Waals surface area contributed by atoms with Gasteiger partial charge in [-0.05, 0) is 25.0 Å². The number of para-hydroxylation sites is 1. The molecular weight excluding hydrogens is 522 g/mol. The van der Waals surface area contributed by atoms with Gasteiger partial charge in [0, 0.05) is 24.5 Å². The summed E-state index contributed by atoms with van der Waals surface area (Å²) in [5.74, 6) is -3.95. The second-order valence-electron chi connectivity index (χ2n) is 9.18. The zero-order valence-electron chi connectivity index (χ0n) is 18.9. The lowest BCUT2D eigenvalue weighted by molar-refractivity contribution is -0.151. The van der Waals surface area contributed by atoms with Crippen LogP contribution in [0.25, 0.3) is 11.0 Å². The minimum atomic E-state index is -1.27. The Morgan fingerprint density at radius 3 is 2.86 bits per heavy atom. The molecule has 12 heteroatoms. The van der Waals surface area contributed by atoms with Crippen molar-refractivity contribution in [1.29, 1.82) is 0 Å². The number of nitrogens with zero attached hydrogens (tertiary/aromatic N) is 5. The Kier molecular flexibility index (Phi) is 6.14. The van der Waals surface area contributed by atoms with Crippen LogP contribution in [0.2, 0.25) is 0 Å². The molecule has 5 rings (SSSR count). The van der Waals surface area contributed by atoms with Crippen molar-refractivity contribution in [2.45, 2.75) is 42.1 Å². The number of amides is 2. The fourth-order valence-corrected chi connectivity index (χ4v) is 6.85. The number of aliphatic hydroxyl groups is 1. The predicted molar refractivity (Wildman–Crippen MR) is 126 cm³/mol. The molecular formula is C23H26BrN5O6. The molecule has 0 radical (unpaired) electrons. The summed E-state index contributed by atoms with van der Waals surface area (Å²) in [5, 5.41) is 27.7. The number of aliphatic carboxylic acids is 1. The van der Waals surface area contributed by atoms with Crippen LogP contribution in [0, 0.1) is 11.8 Å². The third-order valence-electron chi connectivity index (χ3n) is 7.25. The molecule has 6 atom stereocenters. The summed E-state index contributed by atoms with van der Waals surface area (Å²) in [4.78, 5) is 42.5. The number of benzene rings is 1. The van der Waals surface area contributed by atoms with Crippen molar-refractivity contribution >= 4 is 44.7 Å². The molecule has 1 aromatic carbocycles. The first kappa shape index (κ1) is 23.9. The third kappa shape index (κ3) is 3.57. The second-order valence-corrected chi connectivity index (χ2v) is 10.4. The van der Waals surface area contributed by atoms with E-state index in [1.165, 1.54) is 9.80 Å². The molecule has 0 saturated carbocycles. The fraction of sp³-hybridized carbons (Fsp3) is 0.522. The van der Waals surface area contributed by atoms with E-state index in [0.29, 0.717) is 11.9 Å². The highest BCUT2D eigenvalue weighted by Gasteiger charge is 2.76. The number of carbonyl (C=O) groups excluding carboxylic acids is 2. The fourth-order valence-electron chi connectivity index (χ4n) is 5.90. The van der Waals surface area contributed by atoms with Crippen molar-refractivity contribution in [1.82, 2.24) is 24.8 Å². The minimum Gasteiger partial charge on any atom is -0.481 e. The standard InChI is InChI=1S/C23H26BrN5O6/c1-2-8-27(12-29-15-7-4-3-6-14(15)25-26-29)21(32)19-23-11-13(24)18(35-23)16(22(33)34)17(23)20(31)28(19)9-5-10-30/h2-4,6-7,13,16-19,30H,1,5,8-12H2,(H,33,34)/t13?,16-,17+,18-,19-,23+/m0/s1. The molecule has 2 amide bonds. The van der Waals surface area contributed by atoms with Crippen LogP contribution < -0.4 is 0 Å². The predicted octanol–water partition coefficient (Wildman–Crippen LogP) is 0.618. The van der Waals surface area contributed by atoms with Crippen LogP contribution in [0.1, 0.15) is 12.8 Å². The monoisotopic (exact) mass is 547 g/mol. The highest BCUT2D eigenvalue weighted by atomic mass is 79.9. The Morgan fingerprint density at radius 1 is 1.37 bits per heavy atom. The smallest absolute Gasteiger partial charge is 0.310 e. The van der Waals surface area contributed by atoms with Gasteiger partial charge in [0.25, 0.3) is 0 Å². The van der Waals surface area contributed by atoms with E-state index in [1.54, 1.807) is 10.8 Å². The van der Waals surface area contributed by atoms with E-state index in [1.807, 2.05) is 24.3 Å². The van der Waals surface area contributed by atoms with Gasteiger partial charge in [-0.1, -0.05) is 39.4 Å². The Hall–Kier alpha value is -2.83. The average molecular weight is 548 g/mol. The Labute approximate surface area is 209 Å². The van der Waals surface area contributed by atoms with Gasteiger partial charge in [-0.2, -0.15) is 0 Å². The van der Waals surface area contributed by atoms with Gasteiger partial charge in [0.2, 0.25) is 11.8 Å². The molecule has 0 aliphatic carbocycles. The molecule has 4 heterocycles. The number of hydrogen-bond donors (Lipinski definition) is 2. The van der Waals surface area contributed by atoms with Crippen LogP contribution in [-0.4, -0.2) is 95.1 Å². The molecule has 3 fully saturated rings. The molecule has 1 aromatic heterocycles. The highest BCUT2D eigenvalue weighted by molar-refractivity contribution is 9.09. The van der Waals surface area contributed by atoms with Gasteiger partial charge in [-0.15, -0.1) is 11.7 Å². The molecule has 35 heavy (non-hydrogen) atoms. The van der Waals surface area contributed by atoms with E-state index in [-0.39, 0.29) is 43.5 Å². The summed E-state index contributed by atoms with van der Waals surface area (Å²) in [6.45, 7) is 3.96. The number of alkyl halides is 1. The number of aliphatic hydroxyl groups excluding tert-OH is 1. The summed E-state index contributed by atoms with van der Waals surface area (Å²) < 4.78 is 7.86. The number of carboxylic acid groups (broad SMARTS) is 1. The summed E-state index contributed by atoms with van der Waals surface area (Å²) in [6.07, 6.45) is 1.47. The van der Waals surface area contributed by atoms with Crippen molar-refractivity contribution < 1.29 is 29.3 Å². The van der Waals surface area contributed by atoms with E-state index in [4.69, 9.17) is 4.74 Å². The van der Waals surface area contributed by atoms with Gasteiger partial charge in [0.15, 0.2) is 0 Å². The largest absolute Gasteiger partial charge is 0.481 e. The van der Waals surface area contributed by atoms with E-state index in [0.717, 1.165) is 5.52 Å². The number of aromatic nitrogens is 3. The minimum absolute atomic E-state index is 0.0637. The zero-order chi connectivity index (χ0) is 24.9. The van der Waals surface area contributed by atoms with Gasteiger partial charge in [-0.3, -0.25) is 14.4 Å². The second kappa shape index (κ2) is 8.99. The molecule has 3 saturated heterocycles. The van der Waals surface area contributed by atoms with E-state index in [9.17, 15) is 24.6 Å². The van der Waals surface area contributed by atoms with Crippen LogP contribution in [0.3, 0.4) is 0 Å². The summed E-state index contributed by atoms with van der Waals surface area (Å²) in [7, 11) is 0. The van der Waals surface area contributed by atoms with E-state index in [2.05, 4.69) is 32.8 Å². The van der Waals surface area contributed by atoms with Crippen molar-refractivity contribution in [3.05, 3.63) is 36.9 Å². The maximum atomic E-state index is 14.1. The molecule has 1 unspecified atom stereocenters. The third-order valence-corrected chi connectivity index (χ3v) is 8.10. The lowest BCUT2D eigenvalue weighted by Crippen LogP contribution is -2.57. The van der Waals surface area contributed by atoms with Crippen LogP contribution in [0.15, 0.2) is 36.9 Å². The van der Waals surface area contributed by atoms with E-state index < -0.39 is 41.5 Å². The van der Waals surface area contributed by atoms with Crippen LogP contribution >= 0.6 is 15.9 Å². The molecule has 1 spiro atoms. The normalized spacial score (nSPS) is 31.2. The van der Waals surface area contributed by atoms with Crippen molar-refractivity contribution in [3.63, 3.8) is 0 Å². The molecule has 2 bridgehead atoms. The number of hydrogen-bond acceptors (Lipinski definition) is 7. The zero-order valence-corrected chi connectivity index (χ0v) is 20.5. The van der Waals surface area contributed by atoms with Crippen LogP contribution in [0.4, 0.5) is 0 Å². The van der Waals surface area contributed by atoms with Crippen molar-refractivity contribution in [2.75, 3.05) is 19.7 Å². The van der Waals surface area contributed by atoms with Crippen LogP contribution in [0.5, 0.6) is 0 Å². The number of carbonyl (C=O) groups is 3. The highest BCUT2D eigenvalue weighted by Crippen LogP contribution is 2.60. The topological polar surface area (TPSA) is 138 Å². The number of carboxylic acids is 1. The number of likely N-dealkylation sites (tertiary alicyclic amines) is 1. The van der Waals surface area contributed by atoms with Gasteiger partial charge >= 0.3 is 5.97 Å². The SMILES string of the molecule is C=CCN(Cn1nnc2ccccc21)C(=O)[C@@H]1N(CCCO)C(=O)[C@H]2[C@H](C(=O)O)[C@H]3O[C@@]12CC3Br. The number of rotatable bonds is 9. The maximum absolute atomic E-state index is 14.1. The lowest BCUT2D eigenvalue weighted by Gasteiger charge is -2.36. The summed E-state index contributed by atoms with van der Waals surface area (Å²) in [6, 6.07) is 6.34. The number of ether oxygens (including phenoxy) is 1. The Bertz CT molecular complexity index is 1190. The molecule has 2 N–H and O–H groups in total. The number of halogens is 1. The average Bonchev–Trinajstić information content (AvgIpc) is 3.54. The quantitative estimate of drug-likeness (QED) is 0.344. The molecule has 11 nitrogen and oxygen atoms in total. The van der Waals surface area contributed by atoms with Gasteiger partial charge in [0.1, 0.15) is 23.8 Å². The first-order valence-corrected chi connectivity index (χ1v) is 12.4. The first-order chi connectivity index (χ1) is 16.8. The van der Waals surface area contributed by atoms with Crippen LogP contribution in [-0.2, 0) is 25.8 Å². The summed E-state index contributed by atoms with van der Waals surface area (Å²) in [5.41, 5.74) is 0.159. The Balaban J connectivity index is 1.53. The summed E-state index contributed by atoms with van der Waals surface area (Å²) >= 11 is 3.53. The van der Waals surface area contributed by atoms with Gasteiger partial charge < -0.3 is 24.7 Å².